The minimum Gasteiger partial charge on any atom is -0.399 e. The van der Waals surface area contributed by atoms with E-state index in [0.717, 1.165) is 24.1 Å². The molecule has 0 aliphatic carbocycles. The van der Waals surface area contributed by atoms with E-state index in [-0.39, 0.29) is 5.82 Å². The molecule has 0 amide bonds. The van der Waals surface area contributed by atoms with Gasteiger partial charge >= 0.3 is 7.12 Å². The molecule has 0 aromatic heterocycles. The van der Waals surface area contributed by atoms with Gasteiger partial charge in [0.1, 0.15) is 5.82 Å². The number of hydrogen-bond donors (Lipinski definition) is 0. The lowest BCUT2D eigenvalue weighted by Gasteiger charge is -2.32. The Bertz CT molecular complexity index is 503. The van der Waals surface area contributed by atoms with Crippen LogP contribution in [0.2, 0.25) is 0 Å². The van der Waals surface area contributed by atoms with Gasteiger partial charge < -0.3 is 14.2 Å². The van der Waals surface area contributed by atoms with E-state index in [9.17, 15) is 4.39 Å². The van der Waals surface area contributed by atoms with Crippen LogP contribution in [0.3, 0.4) is 0 Å². The number of benzene rings is 1. The fraction of sp³-hybridized carbons (Fsp3) is 0.625. The summed E-state index contributed by atoms with van der Waals surface area (Å²) in [7, 11) is 1.52. The molecule has 2 rings (SSSR count). The van der Waals surface area contributed by atoms with Crippen molar-refractivity contribution in [3.8, 4) is 0 Å². The standard InChI is InChI=1S/C16H25BFNO2/c1-7-19(6)11-12-8-9-13(18)10-14(12)17-20-15(2,3)16(4,5)21-17/h8-10H,7,11H2,1-6H3. The summed E-state index contributed by atoms with van der Waals surface area (Å²) in [6.07, 6.45) is 0. The Hall–Kier alpha value is -0.905. The molecule has 0 atom stereocenters. The lowest BCUT2D eigenvalue weighted by molar-refractivity contribution is 0.00578. The summed E-state index contributed by atoms with van der Waals surface area (Å²) in [5.74, 6) is -0.261. The molecule has 0 radical (unpaired) electrons. The SMILES string of the molecule is CCN(C)Cc1ccc(F)cc1B1OC(C)(C)C(C)(C)O1. The van der Waals surface area contributed by atoms with E-state index in [1.807, 2.05) is 40.8 Å². The van der Waals surface area contributed by atoms with Crippen LogP contribution in [-0.2, 0) is 15.9 Å². The number of halogens is 1. The molecule has 1 heterocycles. The quantitative estimate of drug-likeness (QED) is 0.796. The third kappa shape index (κ3) is 3.30. The zero-order valence-corrected chi connectivity index (χ0v) is 13.9. The molecule has 1 aliphatic heterocycles. The van der Waals surface area contributed by atoms with Gasteiger partial charge in [-0.05, 0) is 64.4 Å². The van der Waals surface area contributed by atoms with E-state index in [4.69, 9.17) is 9.31 Å². The van der Waals surface area contributed by atoms with E-state index in [1.54, 1.807) is 0 Å². The Morgan fingerprint density at radius 2 is 1.71 bits per heavy atom. The number of hydrogen-bond acceptors (Lipinski definition) is 3. The van der Waals surface area contributed by atoms with Crippen molar-refractivity contribution in [1.29, 1.82) is 0 Å². The van der Waals surface area contributed by atoms with Crippen LogP contribution in [0.5, 0.6) is 0 Å². The average Bonchev–Trinajstić information content (AvgIpc) is 2.60. The molecule has 116 valence electrons. The summed E-state index contributed by atoms with van der Waals surface area (Å²) < 4.78 is 25.8. The molecule has 1 saturated heterocycles. The maximum atomic E-state index is 13.7. The van der Waals surface area contributed by atoms with Crippen molar-refractivity contribution in [2.24, 2.45) is 0 Å². The third-order valence-corrected chi connectivity index (χ3v) is 4.60. The molecule has 0 saturated carbocycles. The monoisotopic (exact) mass is 293 g/mol. The molecule has 1 fully saturated rings. The number of rotatable bonds is 4. The Balaban J connectivity index is 2.33. The van der Waals surface area contributed by atoms with E-state index in [2.05, 4.69) is 11.8 Å². The van der Waals surface area contributed by atoms with E-state index >= 15 is 0 Å². The van der Waals surface area contributed by atoms with Crippen LogP contribution >= 0.6 is 0 Å². The summed E-state index contributed by atoms with van der Waals surface area (Å²) in [4.78, 5) is 2.17. The van der Waals surface area contributed by atoms with Crippen molar-refractivity contribution in [3.63, 3.8) is 0 Å². The van der Waals surface area contributed by atoms with Gasteiger partial charge in [0.15, 0.2) is 0 Å². The summed E-state index contributed by atoms with van der Waals surface area (Å²) in [5.41, 5.74) is 0.990. The lowest BCUT2D eigenvalue weighted by atomic mass is 9.75. The molecular weight excluding hydrogens is 268 g/mol. The van der Waals surface area contributed by atoms with Crippen molar-refractivity contribution < 1.29 is 13.7 Å². The summed E-state index contributed by atoms with van der Waals surface area (Å²) in [5, 5.41) is 0. The predicted octanol–water partition coefficient (Wildman–Crippen LogP) is 2.58. The van der Waals surface area contributed by atoms with Gasteiger partial charge in [0, 0.05) is 6.54 Å². The predicted molar refractivity (Wildman–Crippen MR) is 84.1 cm³/mol. The molecule has 1 aromatic carbocycles. The van der Waals surface area contributed by atoms with E-state index in [1.165, 1.54) is 12.1 Å². The van der Waals surface area contributed by atoms with Crippen LogP contribution in [0.4, 0.5) is 4.39 Å². The Labute approximate surface area is 127 Å². The van der Waals surface area contributed by atoms with Gasteiger partial charge in [-0.15, -0.1) is 0 Å². The highest BCUT2D eigenvalue weighted by atomic mass is 19.1. The minimum atomic E-state index is -0.522. The first-order chi connectivity index (χ1) is 9.66. The average molecular weight is 293 g/mol. The van der Waals surface area contributed by atoms with Crippen LogP contribution in [0.25, 0.3) is 0 Å². The second-order valence-corrected chi connectivity index (χ2v) is 6.76. The molecule has 21 heavy (non-hydrogen) atoms. The zero-order chi connectivity index (χ0) is 15.8. The fourth-order valence-corrected chi connectivity index (χ4v) is 2.30. The van der Waals surface area contributed by atoms with Gasteiger partial charge in [0.25, 0.3) is 0 Å². The topological polar surface area (TPSA) is 21.7 Å². The highest BCUT2D eigenvalue weighted by Crippen LogP contribution is 2.36. The second-order valence-electron chi connectivity index (χ2n) is 6.76. The van der Waals surface area contributed by atoms with Crippen molar-refractivity contribution >= 4 is 12.6 Å². The van der Waals surface area contributed by atoms with Gasteiger partial charge in [0.05, 0.1) is 11.2 Å². The molecular formula is C16H25BFNO2. The van der Waals surface area contributed by atoms with Crippen molar-refractivity contribution in [3.05, 3.63) is 29.6 Å². The molecule has 1 aromatic rings. The molecule has 5 heteroatoms. The third-order valence-electron chi connectivity index (χ3n) is 4.60. The van der Waals surface area contributed by atoms with E-state index < -0.39 is 18.3 Å². The normalized spacial score (nSPS) is 20.3. The van der Waals surface area contributed by atoms with Crippen molar-refractivity contribution in [1.82, 2.24) is 4.90 Å². The van der Waals surface area contributed by atoms with Gasteiger partial charge in [-0.1, -0.05) is 13.0 Å². The number of nitrogens with zero attached hydrogens (tertiary/aromatic N) is 1. The maximum absolute atomic E-state index is 13.7. The first-order valence-corrected chi connectivity index (χ1v) is 7.49. The Morgan fingerprint density at radius 1 is 1.14 bits per heavy atom. The van der Waals surface area contributed by atoms with Crippen LogP contribution in [0.1, 0.15) is 40.2 Å². The minimum absolute atomic E-state index is 0.261. The van der Waals surface area contributed by atoms with Crippen LogP contribution < -0.4 is 5.46 Å². The molecule has 3 nitrogen and oxygen atoms in total. The maximum Gasteiger partial charge on any atom is 0.495 e. The van der Waals surface area contributed by atoms with Crippen LogP contribution in [-0.4, -0.2) is 36.8 Å². The largest absolute Gasteiger partial charge is 0.495 e. The Kier molecular flexibility index (Phi) is 4.48. The molecule has 0 unspecified atom stereocenters. The zero-order valence-electron chi connectivity index (χ0n) is 13.9. The highest BCUT2D eigenvalue weighted by Gasteiger charge is 2.52. The van der Waals surface area contributed by atoms with Crippen molar-refractivity contribution in [2.75, 3.05) is 13.6 Å². The second kappa shape index (κ2) is 5.71. The fourth-order valence-electron chi connectivity index (χ4n) is 2.30. The van der Waals surface area contributed by atoms with Gasteiger partial charge in [-0.3, -0.25) is 0 Å². The Morgan fingerprint density at radius 3 is 2.24 bits per heavy atom. The van der Waals surface area contributed by atoms with Crippen LogP contribution in [0, 0.1) is 5.82 Å². The summed E-state index contributed by atoms with van der Waals surface area (Å²) in [6, 6.07) is 4.84. The highest BCUT2D eigenvalue weighted by molar-refractivity contribution is 6.62. The first-order valence-electron chi connectivity index (χ1n) is 7.49. The summed E-state index contributed by atoms with van der Waals surface area (Å²) >= 11 is 0. The lowest BCUT2D eigenvalue weighted by Crippen LogP contribution is -2.41. The van der Waals surface area contributed by atoms with Crippen LogP contribution in [0.15, 0.2) is 18.2 Å². The molecule has 0 N–H and O–H groups in total. The molecule has 1 aliphatic rings. The summed E-state index contributed by atoms with van der Waals surface area (Å²) in [6.45, 7) is 11.8. The van der Waals surface area contributed by atoms with Crippen molar-refractivity contribution in [2.45, 2.75) is 52.4 Å². The van der Waals surface area contributed by atoms with Gasteiger partial charge in [-0.25, -0.2) is 4.39 Å². The molecule has 0 spiro atoms. The molecule has 0 bridgehead atoms. The smallest absolute Gasteiger partial charge is 0.399 e. The first kappa shape index (κ1) is 16.5. The van der Waals surface area contributed by atoms with E-state index in [0.29, 0.717) is 0 Å². The van der Waals surface area contributed by atoms with Gasteiger partial charge in [0.2, 0.25) is 0 Å². The van der Waals surface area contributed by atoms with Gasteiger partial charge in [-0.2, -0.15) is 0 Å².